The van der Waals surface area contributed by atoms with Gasteiger partial charge in [-0.1, -0.05) is 30.3 Å². The third kappa shape index (κ3) is 3.60. The van der Waals surface area contributed by atoms with Gasteiger partial charge in [0.15, 0.2) is 0 Å². The second-order valence-electron chi connectivity index (χ2n) is 5.84. The van der Waals surface area contributed by atoms with Crippen molar-refractivity contribution >= 4 is 22.8 Å². The van der Waals surface area contributed by atoms with Crippen LogP contribution in [-0.4, -0.2) is 31.1 Å². The minimum atomic E-state index is -0.499. The van der Waals surface area contributed by atoms with Gasteiger partial charge in [0.25, 0.3) is 0 Å². The van der Waals surface area contributed by atoms with Gasteiger partial charge in [0.05, 0.1) is 31.0 Å². The zero-order valence-electron chi connectivity index (χ0n) is 15.3. The molecule has 0 saturated carbocycles. The van der Waals surface area contributed by atoms with Gasteiger partial charge >= 0.3 is 11.9 Å². The first-order valence-corrected chi connectivity index (χ1v) is 8.33. The van der Waals surface area contributed by atoms with Crippen LogP contribution in [0.5, 0.6) is 5.75 Å². The maximum absolute atomic E-state index is 12.3. The summed E-state index contributed by atoms with van der Waals surface area (Å²) in [5.41, 5.74) is 2.64. The maximum Gasteiger partial charge on any atom is 0.341 e. The monoisotopic (exact) mass is 365 g/mol. The zero-order chi connectivity index (χ0) is 19.4. The molecule has 0 fully saturated rings. The van der Waals surface area contributed by atoms with Gasteiger partial charge in [0.2, 0.25) is 0 Å². The number of aromatic nitrogens is 1. The molecule has 6 nitrogen and oxygen atoms in total. The van der Waals surface area contributed by atoms with Crippen LogP contribution in [0.4, 0.5) is 0 Å². The van der Waals surface area contributed by atoms with Gasteiger partial charge in [-0.05, 0) is 30.7 Å². The van der Waals surface area contributed by atoms with Gasteiger partial charge in [-0.2, -0.15) is 0 Å². The van der Waals surface area contributed by atoms with E-state index in [1.54, 1.807) is 24.3 Å². The Morgan fingerprint density at radius 3 is 2.33 bits per heavy atom. The van der Waals surface area contributed by atoms with Crippen LogP contribution in [-0.2, 0) is 16.1 Å². The van der Waals surface area contributed by atoms with E-state index in [0.717, 1.165) is 16.5 Å². The molecule has 0 unspecified atom stereocenters. The van der Waals surface area contributed by atoms with Crippen LogP contribution in [0.3, 0.4) is 0 Å². The lowest BCUT2D eigenvalue weighted by atomic mass is 10.0. The van der Waals surface area contributed by atoms with Crippen molar-refractivity contribution in [1.82, 2.24) is 4.98 Å². The molecule has 0 radical (unpaired) electrons. The Balaban J connectivity index is 2.02. The first kappa shape index (κ1) is 18.4. The highest BCUT2D eigenvalue weighted by Gasteiger charge is 2.20. The molecular weight excluding hydrogens is 346 g/mol. The van der Waals surface area contributed by atoms with Crippen molar-refractivity contribution in [2.75, 3.05) is 14.2 Å². The van der Waals surface area contributed by atoms with Gasteiger partial charge in [0, 0.05) is 5.39 Å². The number of para-hydroxylation sites is 2. The molecule has 6 heteroatoms. The van der Waals surface area contributed by atoms with Gasteiger partial charge in [-0.25, -0.2) is 14.6 Å². The molecule has 0 aliphatic heterocycles. The average molecular weight is 365 g/mol. The fourth-order valence-corrected chi connectivity index (χ4v) is 2.94. The first-order valence-electron chi connectivity index (χ1n) is 8.33. The maximum atomic E-state index is 12.3. The molecule has 0 N–H and O–H groups in total. The van der Waals surface area contributed by atoms with Gasteiger partial charge in [-0.15, -0.1) is 0 Å². The molecule has 0 saturated heterocycles. The predicted molar refractivity (Wildman–Crippen MR) is 99.9 cm³/mol. The summed E-state index contributed by atoms with van der Waals surface area (Å²) in [5.74, 6) is -0.625. The summed E-state index contributed by atoms with van der Waals surface area (Å²) in [6, 6.07) is 14.3. The zero-order valence-corrected chi connectivity index (χ0v) is 15.3. The van der Waals surface area contributed by atoms with Crippen LogP contribution in [0.25, 0.3) is 10.9 Å². The van der Waals surface area contributed by atoms with Crippen molar-refractivity contribution < 1.29 is 23.8 Å². The molecule has 3 aromatic rings. The summed E-state index contributed by atoms with van der Waals surface area (Å²) in [5, 5.41) is 0.872. The number of esters is 2. The lowest BCUT2D eigenvalue weighted by Gasteiger charge is -2.15. The van der Waals surface area contributed by atoms with Crippen LogP contribution in [0, 0.1) is 6.92 Å². The fraction of sp³-hybridized carbons (Fsp3) is 0.190. The topological polar surface area (TPSA) is 74.7 Å². The standard InChI is InChI=1S/C21H19NO5/c1-13-14-8-4-6-10-16(14)22-17(19(13)21(24)26-3)12-27-18-11-7-5-9-15(18)20(23)25-2/h4-11H,12H2,1-3H3. The molecule has 0 aliphatic rings. The number of ether oxygens (including phenoxy) is 3. The summed E-state index contributed by atoms with van der Waals surface area (Å²) >= 11 is 0. The van der Waals surface area contributed by atoms with Crippen molar-refractivity contribution in [3.05, 3.63) is 70.9 Å². The molecule has 0 bridgehead atoms. The normalized spacial score (nSPS) is 10.5. The lowest BCUT2D eigenvalue weighted by Crippen LogP contribution is -2.14. The van der Waals surface area contributed by atoms with Crippen LogP contribution < -0.4 is 4.74 Å². The number of carbonyl (C=O) groups excluding carboxylic acids is 2. The number of fused-ring (bicyclic) bond motifs is 1. The largest absolute Gasteiger partial charge is 0.486 e. The number of benzene rings is 2. The highest BCUT2D eigenvalue weighted by atomic mass is 16.5. The number of rotatable bonds is 5. The van der Waals surface area contributed by atoms with Crippen molar-refractivity contribution in [2.24, 2.45) is 0 Å². The van der Waals surface area contributed by atoms with Gasteiger partial charge in [-0.3, -0.25) is 0 Å². The molecule has 0 spiro atoms. The molecule has 1 heterocycles. The van der Waals surface area contributed by atoms with E-state index in [-0.39, 0.29) is 6.61 Å². The molecule has 2 aromatic carbocycles. The molecule has 0 aliphatic carbocycles. The third-order valence-corrected chi connectivity index (χ3v) is 4.27. The Bertz CT molecular complexity index is 1010. The molecule has 0 amide bonds. The smallest absolute Gasteiger partial charge is 0.341 e. The number of pyridine rings is 1. The highest BCUT2D eigenvalue weighted by molar-refractivity contribution is 5.98. The molecule has 1 aromatic heterocycles. The summed E-state index contributed by atoms with van der Waals surface area (Å²) in [7, 11) is 2.64. The second-order valence-corrected chi connectivity index (χ2v) is 5.84. The van der Waals surface area contributed by atoms with Crippen LogP contribution in [0.1, 0.15) is 32.0 Å². The highest BCUT2D eigenvalue weighted by Crippen LogP contribution is 2.26. The molecule has 0 atom stereocenters. The number of nitrogens with zero attached hydrogens (tertiary/aromatic N) is 1. The van der Waals surface area contributed by atoms with Crippen molar-refractivity contribution in [3.8, 4) is 5.75 Å². The van der Waals surface area contributed by atoms with Crippen molar-refractivity contribution in [3.63, 3.8) is 0 Å². The SMILES string of the molecule is COC(=O)c1ccccc1OCc1nc2ccccc2c(C)c1C(=O)OC. The van der Waals surface area contributed by atoms with E-state index < -0.39 is 11.9 Å². The Morgan fingerprint density at radius 2 is 1.59 bits per heavy atom. The van der Waals surface area contributed by atoms with Gasteiger partial charge in [0.1, 0.15) is 17.9 Å². The Kier molecular flexibility index (Phi) is 5.35. The number of methoxy groups -OCH3 is 2. The second kappa shape index (κ2) is 7.86. The predicted octanol–water partition coefficient (Wildman–Crippen LogP) is 3.70. The van der Waals surface area contributed by atoms with E-state index in [9.17, 15) is 9.59 Å². The number of aryl methyl sites for hydroxylation is 1. The average Bonchev–Trinajstić information content (AvgIpc) is 2.71. The Labute approximate surface area is 156 Å². The number of hydrogen-bond acceptors (Lipinski definition) is 6. The summed E-state index contributed by atoms with van der Waals surface area (Å²) < 4.78 is 15.5. The quantitative estimate of drug-likeness (QED) is 0.642. The van der Waals surface area contributed by atoms with E-state index in [0.29, 0.717) is 22.6 Å². The van der Waals surface area contributed by atoms with Crippen LogP contribution in [0.2, 0.25) is 0 Å². The molecule has 27 heavy (non-hydrogen) atoms. The van der Waals surface area contributed by atoms with E-state index in [2.05, 4.69) is 4.98 Å². The van der Waals surface area contributed by atoms with Crippen molar-refractivity contribution in [2.45, 2.75) is 13.5 Å². The van der Waals surface area contributed by atoms with Crippen LogP contribution in [0.15, 0.2) is 48.5 Å². The van der Waals surface area contributed by atoms with Gasteiger partial charge < -0.3 is 14.2 Å². The molecular formula is C21H19NO5. The van der Waals surface area contributed by atoms with E-state index in [4.69, 9.17) is 14.2 Å². The van der Waals surface area contributed by atoms with E-state index >= 15 is 0 Å². The third-order valence-electron chi connectivity index (χ3n) is 4.27. The van der Waals surface area contributed by atoms with Crippen LogP contribution >= 0.6 is 0 Å². The van der Waals surface area contributed by atoms with E-state index in [1.165, 1.54) is 14.2 Å². The number of carbonyl (C=O) groups is 2. The minimum Gasteiger partial charge on any atom is -0.486 e. The Morgan fingerprint density at radius 1 is 0.926 bits per heavy atom. The fourth-order valence-electron chi connectivity index (χ4n) is 2.94. The summed E-state index contributed by atoms with van der Waals surface area (Å²) in [6.45, 7) is 1.85. The first-order chi connectivity index (χ1) is 13.1. The molecule has 3 rings (SSSR count). The van der Waals surface area contributed by atoms with E-state index in [1.807, 2.05) is 31.2 Å². The lowest BCUT2D eigenvalue weighted by molar-refractivity contribution is 0.0583. The summed E-state index contributed by atoms with van der Waals surface area (Å²) in [4.78, 5) is 28.8. The summed E-state index contributed by atoms with van der Waals surface area (Å²) in [6.07, 6.45) is 0. The number of hydrogen-bond donors (Lipinski definition) is 0. The van der Waals surface area contributed by atoms with Crippen molar-refractivity contribution in [1.29, 1.82) is 0 Å². The Hall–Kier alpha value is -3.41. The molecule has 138 valence electrons. The minimum absolute atomic E-state index is 0.00408.